The molecule has 5 heteroatoms. The number of aromatic nitrogens is 2. The summed E-state index contributed by atoms with van der Waals surface area (Å²) < 4.78 is 5.33. The molecule has 1 unspecified atom stereocenters. The van der Waals surface area contributed by atoms with E-state index in [9.17, 15) is 4.79 Å². The van der Waals surface area contributed by atoms with Gasteiger partial charge in [0.25, 0.3) is 0 Å². The van der Waals surface area contributed by atoms with Gasteiger partial charge in [0.1, 0.15) is 5.82 Å². The first-order valence-electron chi connectivity index (χ1n) is 4.86. The number of carbonyl (C=O) groups is 1. The Morgan fingerprint density at radius 2 is 2.27 bits per heavy atom. The van der Waals surface area contributed by atoms with E-state index in [1.165, 1.54) is 0 Å². The van der Waals surface area contributed by atoms with Gasteiger partial charge in [-0.25, -0.2) is 14.8 Å². The fraction of sp³-hybridized carbons (Fsp3) is 0.500. The van der Waals surface area contributed by atoms with Crippen molar-refractivity contribution in [1.29, 1.82) is 0 Å². The highest BCUT2D eigenvalue weighted by Gasteiger charge is 2.43. The second-order valence-electron chi connectivity index (χ2n) is 3.59. The van der Waals surface area contributed by atoms with E-state index in [0.29, 0.717) is 18.9 Å². The molecule has 2 rings (SSSR count). The Morgan fingerprint density at radius 3 is 2.80 bits per heavy atom. The molecule has 0 aromatic carbocycles. The van der Waals surface area contributed by atoms with Crippen LogP contribution in [-0.4, -0.2) is 33.3 Å². The maximum atomic E-state index is 11.1. The minimum Gasteiger partial charge on any atom is -0.479 e. The molecule has 0 radical (unpaired) electrons. The van der Waals surface area contributed by atoms with Crippen molar-refractivity contribution in [3.05, 3.63) is 24.3 Å². The standard InChI is InChI=1S/C10H12N2O3/c13-9(14)10(3-1-6-15-10)7-8-11-4-2-5-12-8/h2,4-5H,1,3,6-7H2,(H,13,14). The zero-order valence-corrected chi connectivity index (χ0v) is 8.22. The maximum Gasteiger partial charge on any atom is 0.336 e. The Labute approximate surface area is 87.1 Å². The molecule has 0 spiro atoms. The predicted octanol–water partition coefficient (Wildman–Crippen LogP) is 0.653. The molecule has 1 aliphatic heterocycles. The van der Waals surface area contributed by atoms with E-state index < -0.39 is 11.6 Å². The van der Waals surface area contributed by atoms with Gasteiger partial charge in [0.05, 0.1) is 0 Å². The third kappa shape index (κ3) is 1.97. The van der Waals surface area contributed by atoms with Crippen LogP contribution >= 0.6 is 0 Å². The van der Waals surface area contributed by atoms with Crippen LogP contribution in [0.1, 0.15) is 18.7 Å². The summed E-state index contributed by atoms with van der Waals surface area (Å²) in [6.45, 7) is 0.499. The highest BCUT2D eigenvalue weighted by Crippen LogP contribution is 2.28. The fourth-order valence-corrected chi connectivity index (χ4v) is 1.76. The van der Waals surface area contributed by atoms with Gasteiger partial charge in [0, 0.05) is 25.4 Å². The SMILES string of the molecule is O=C(O)C1(Cc2ncccn2)CCCO1. The monoisotopic (exact) mass is 208 g/mol. The third-order valence-corrected chi connectivity index (χ3v) is 2.56. The summed E-state index contributed by atoms with van der Waals surface area (Å²) in [5.41, 5.74) is -1.11. The van der Waals surface area contributed by atoms with Crippen molar-refractivity contribution in [1.82, 2.24) is 9.97 Å². The molecule has 2 heterocycles. The van der Waals surface area contributed by atoms with Crippen LogP contribution in [0.25, 0.3) is 0 Å². The summed E-state index contributed by atoms with van der Waals surface area (Å²) in [7, 11) is 0. The first-order chi connectivity index (χ1) is 7.23. The van der Waals surface area contributed by atoms with Gasteiger partial charge in [0.15, 0.2) is 5.60 Å². The van der Waals surface area contributed by atoms with Gasteiger partial charge in [-0.1, -0.05) is 0 Å². The summed E-state index contributed by atoms with van der Waals surface area (Å²) in [5, 5.41) is 9.14. The predicted molar refractivity (Wildman–Crippen MR) is 51.3 cm³/mol. The van der Waals surface area contributed by atoms with Crippen LogP contribution in [0.15, 0.2) is 18.5 Å². The van der Waals surface area contributed by atoms with Crippen molar-refractivity contribution in [3.8, 4) is 0 Å². The summed E-state index contributed by atoms with van der Waals surface area (Å²) in [6, 6.07) is 1.70. The summed E-state index contributed by atoms with van der Waals surface area (Å²) in [6.07, 6.45) is 4.75. The van der Waals surface area contributed by atoms with Crippen molar-refractivity contribution in [2.24, 2.45) is 0 Å². The van der Waals surface area contributed by atoms with Crippen molar-refractivity contribution in [3.63, 3.8) is 0 Å². The molecule has 0 amide bonds. The number of carboxylic acids is 1. The fourth-order valence-electron chi connectivity index (χ4n) is 1.76. The molecule has 0 aliphatic carbocycles. The van der Waals surface area contributed by atoms with E-state index >= 15 is 0 Å². The molecule has 1 saturated heterocycles. The van der Waals surface area contributed by atoms with E-state index in [2.05, 4.69) is 9.97 Å². The van der Waals surface area contributed by atoms with Gasteiger partial charge in [0.2, 0.25) is 0 Å². The van der Waals surface area contributed by atoms with Crippen molar-refractivity contribution in [2.45, 2.75) is 24.9 Å². The lowest BCUT2D eigenvalue weighted by Gasteiger charge is -2.21. The molecule has 80 valence electrons. The van der Waals surface area contributed by atoms with Crippen LogP contribution in [-0.2, 0) is 16.0 Å². The summed E-state index contributed by atoms with van der Waals surface area (Å²) in [4.78, 5) is 19.2. The molecule has 5 nitrogen and oxygen atoms in total. The van der Waals surface area contributed by atoms with Crippen molar-refractivity contribution < 1.29 is 14.6 Å². The summed E-state index contributed by atoms with van der Waals surface area (Å²) in [5.74, 6) is -0.408. The largest absolute Gasteiger partial charge is 0.479 e. The molecular formula is C10H12N2O3. The highest BCUT2D eigenvalue weighted by molar-refractivity contribution is 5.78. The quantitative estimate of drug-likeness (QED) is 0.789. The van der Waals surface area contributed by atoms with Crippen LogP contribution in [0.4, 0.5) is 0 Å². The van der Waals surface area contributed by atoms with Gasteiger partial charge >= 0.3 is 5.97 Å². The van der Waals surface area contributed by atoms with Crippen molar-refractivity contribution in [2.75, 3.05) is 6.61 Å². The minimum absolute atomic E-state index is 0.239. The Bertz CT molecular complexity index is 347. The molecule has 1 aliphatic rings. The number of hydrogen-bond acceptors (Lipinski definition) is 4. The average molecular weight is 208 g/mol. The molecular weight excluding hydrogens is 196 g/mol. The molecule has 1 aromatic heterocycles. The van der Waals surface area contributed by atoms with E-state index in [1.54, 1.807) is 18.5 Å². The topological polar surface area (TPSA) is 72.3 Å². The van der Waals surface area contributed by atoms with Gasteiger partial charge in [-0.2, -0.15) is 0 Å². The van der Waals surface area contributed by atoms with E-state index in [0.717, 1.165) is 6.42 Å². The Balaban J connectivity index is 2.18. The smallest absolute Gasteiger partial charge is 0.336 e. The Morgan fingerprint density at radius 1 is 1.53 bits per heavy atom. The van der Waals surface area contributed by atoms with E-state index in [1.807, 2.05) is 0 Å². The highest BCUT2D eigenvalue weighted by atomic mass is 16.5. The molecule has 1 N–H and O–H groups in total. The maximum absolute atomic E-state index is 11.1. The van der Waals surface area contributed by atoms with Crippen LogP contribution < -0.4 is 0 Å². The van der Waals surface area contributed by atoms with Gasteiger partial charge in [-0.05, 0) is 18.9 Å². The number of carboxylic acid groups (broad SMARTS) is 1. The first kappa shape index (κ1) is 10.0. The van der Waals surface area contributed by atoms with Gasteiger partial charge < -0.3 is 9.84 Å². The second-order valence-corrected chi connectivity index (χ2v) is 3.59. The van der Waals surface area contributed by atoms with Crippen molar-refractivity contribution >= 4 is 5.97 Å². The minimum atomic E-state index is -1.11. The van der Waals surface area contributed by atoms with Crippen LogP contribution in [0, 0.1) is 0 Å². The molecule has 1 aromatic rings. The lowest BCUT2D eigenvalue weighted by molar-refractivity contribution is -0.160. The zero-order valence-electron chi connectivity index (χ0n) is 8.22. The van der Waals surface area contributed by atoms with E-state index in [4.69, 9.17) is 9.84 Å². The van der Waals surface area contributed by atoms with Crippen LogP contribution in [0.2, 0.25) is 0 Å². The third-order valence-electron chi connectivity index (χ3n) is 2.56. The number of aliphatic carboxylic acids is 1. The normalized spacial score (nSPS) is 25.3. The average Bonchev–Trinajstić information content (AvgIpc) is 2.69. The van der Waals surface area contributed by atoms with Gasteiger partial charge in [-0.3, -0.25) is 0 Å². The van der Waals surface area contributed by atoms with E-state index in [-0.39, 0.29) is 6.42 Å². The zero-order chi connectivity index (χ0) is 10.7. The summed E-state index contributed by atoms with van der Waals surface area (Å²) >= 11 is 0. The number of ether oxygens (including phenoxy) is 1. The van der Waals surface area contributed by atoms with Gasteiger partial charge in [-0.15, -0.1) is 0 Å². The Kier molecular flexibility index (Phi) is 2.64. The van der Waals surface area contributed by atoms with Crippen LogP contribution in [0.3, 0.4) is 0 Å². The van der Waals surface area contributed by atoms with Crippen LogP contribution in [0.5, 0.6) is 0 Å². The number of rotatable bonds is 3. The Hall–Kier alpha value is -1.49. The molecule has 1 fully saturated rings. The molecule has 0 bridgehead atoms. The molecule has 15 heavy (non-hydrogen) atoms. The first-order valence-corrected chi connectivity index (χ1v) is 4.86. The lowest BCUT2D eigenvalue weighted by Crippen LogP contribution is -2.40. The molecule has 0 saturated carbocycles. The number of hydrogen-bond donors (Lipinski definition) is 1. The lowest BCUT2D eigenvalue weighted by atomic mass is 9.96. The number of nitrogens with zero attached hydrogens (tertiary/aromatic N) is 2. The molecule has 1 atom stereocenters. The second kappa shape index (κ2) is 3.94.